The quantitative estimate of drug-likeness (QED) is 0.759. The van der Waals surface area contributed by atoms with Gasteiger partial charge in [-0.25, -0.2) is 0 Å². The second-order valence-corrected chi connectivity index (χ2v) is 9.76. The zero-order chi connectivity index (χ0) is 18.6. The number of nitrogens with one attached hydrogen (secondary N) is 1. The smallest absolute Gasteiger partial charge is 0.281 e. The zero-order valence-electron chi connectivity index (χ0n) is 14.9. The monoisotopic (exact) mass is 443 g/mol. The Bertz CT molecular complexity index is 735. The van der Waals surface area contributed by atoms with Gasteiger partial charge in [0.15, 0.2) is 0 Å². The van der Waals surface area contributed by atoms with Crippen molar-refractivity contribution in [2.75, 3.05) is 26.2 Å². The van der Waals surface area contributed by atoms with Gasteiger partial charge in [0.05, 0.1) is 5.92 Å². The van der Waals surface area contributed by atoms with E-state index in [4.69, 9.17) is 0 Å². The van der Waals surface area contributed by atoms with E-state index in [1.807, 2.05) is 24.3 Å². The highest BCUT2D eigenvalue weighted by Gasteiger charge is 2.36. The summed E-state index contributed by atoms with van der Waals surface area (Å²) in [5.41, 5.74) is 1.01. The van der Waals surface area contributed by atoms with Gasteiger partial charge >= 0.3 is 0 Å². The Kier molecular flexibility index (Phi) is 6.71. The number of hydrogen-bond acceptors (Lipinski definition) is 3. The van der Waals surface area contributed by atoms with Crippen LogP contribution in [0.3, 0.4) is 0 Å². The average Bonchev–Trinajstić information content (AvgIpc) is 2.68. The first-order valence-electron chi connectivity index (χ1n) is 9.25. The molecule has 1 aromatic rings. The van der Waals surface area contributed by atoms with Crippen LogP contribution in [0.5, 0.6) is 0 Å². The van der Waals surface area contributed by atoms with Crippen LogP contribution in [-0.4, -0.2) is 49.1 Å². The number of carbonyl (C=O) groups is 1. The molecule has 6 nitrogen and oxygen atoms in total. The SMILES string of the molecule is O=C(NCc1ccccc1Br)[C@H]1CCCN(S(=O)(=O)N2CCCCC2)C1. The highest BCUT2D eigenvalue weighted by atomic mass is 79.9. The predicted molar refractivity (Wildman–Crippen MR) is 105 cm³/mol. The summed E-state index contributed by atoms with van der Waals surface area (Å²) in [7, 11) is -3.45. The van der Waals surface area contributed by atoms with Crippen molar-refractivity contribution in [3.8, 4) is 0 Å². The van der Waals surface area contributed by atoms with Crippen molar-refractivity contribution in [2.45, 2.75) is 38.6 Å². The van der Waals surface area contributed by atoms with Gasteiger partial charge in [-0.2, -0.15) is 17.0 Å². The highest BCUT2D eigenvalue weighted by molar-refractivity contribution is 9.10. The van der Waals surface area contributed by atoms with E-state index in [0.717, 1.165) is 42.1 Å². The van der Waals surface area contributed by atoms with Crippen LogP contribution < -0.4 is 5.32 Å². The highest BCUT2D eigenvalue weighted by Crippen LogP contribution is 2.24. The summed E-state index contributed by atoms with van der Waals surface area (Å²) in [6.45, 7) is 2.42. The first-order valence-corrected chi connectivity index (χ1v) is 11.4. The maximum atomic E-state index is 12.8. The number of benzene rings is 1. The fraction of sp³-hybridized carbons (Fsp3) is 0.611. The van der Waals surface area contributed by atoms with Crippen LogP contribution in [0.25, 0.3) is 0 Å². The van der Waals surface area contributed by atoms with Gasteiger partial charge in [-0.15, -0.1) is 0 Å². The fourth-order valence-electron chi connectivity index (χ4n) is 3.59. The number of hydrogen-bond donors (Lipinski definition) is 1. The minimum atomic E-state index is -3.45. The summed E-state index contributed by atoms with van der Waals surface area (Å²) < 4.78 is 29.7. The molecule has 0 aliphatic carbocycles. The lowest BCUT2D eigenvalue weighted by Gasteiger charge is -2.36. The molecule has 2 aliphatic heterocycles. The van der Waals surface area contributed by atoms with Gasteiger partial charge in [0.1, 0.15) is 0 Å². The molecule has 2 saturated heterocycles. The summed E-state index contributed by atoms with van der Waals surface area (Å²) in [5.74, 6) is -0.356. The standard InChI is InChI=1S/C18H26BrN3O3S/c19-17-9-3-2-7-15(17)13-20-18(23)16-8-6-12-22(14-16)26(24,25)21-10-4-1-5-11-21/h2-3,7,9,16H,1,4-6,8,10-14H2,(H,20,23)/t16-/m0/s1. The molecule has 0 radical (unpaired) electrons. The van der Waals surface area contributed by atoms with Gasteiger partial charge < -0.3 is 5.32 Å². The van der Waals surface area contributed by atoms with Crippen LogP contribution in [-0.2, 0) is 21.5 Å². The van der Waals surface area contributed by atoms with Crippen LogP contribution >= 0.6 is 15.9 Å². The van der Waals surface area contributed by atoms with Crippen molar-refractivity contribution in [1.82, 2.24) is 13.9 Å². The van der Waals surface area contributed by atoms with Gasteiger partial charge in [0, 0.05) is 37.2 Å². The molecule has 0 aromatic heterocycles. The third kappa shape index (κ3) is 4.65. The molecule has 1 amide bonds. The molecule has 1 N–H and O–H groups in total. The lowest BCUT2D eigenvalue weighted by Crippen LogP contribution is -2.51. The van der Waals surface area contributed by atoms with Crippen LogP contribution in [0.1, 0.15) is 37.7 Å². The van der Waals surface area contributed by atoms with Crippen molar-refractivity contribution < 1.29 is 13.2 Å². The number of amides is 1. The zero-order valence-corrected chi connectivity index (χ0v) is 17.3. The number of nitrogens with zero attached hydrogens (tertiary/aromatic N) is 2. The second kappa shape index (κ2) is 8.82. The maximum Gasteiger partial charge on any atom is 0.281 e. The minimum absolute atomic E-state index is 0.0701. The Morgan fingerprint density at radius 3 is 2.50 bits per heavy atom. The van der Waals surface area contributed by atoms with Crippen molar-refractivity contribution in [3.63, 3.8) is 0 Å². The largest absolute Gasteiger partial charge is 0.352 e. The predicted octanol–water partition coefficient (Wildman–Crippen LogP) is 2.51. The minimum Gasteiger partial charge on any atom is -0.352 e. The summed E-state index contributed by atoms with van der Waals surface area (Å²) in [6, 6.07) is 7.76. The van der Waals surface area contributed by atoms with Crippen LogP contribution in [0.2, 0.25) is 0 Å². The van der Waals surface area contributed by atoms with E-state index in [9.17, 15) is 13.2 Å². The number of piperidine rings is 2. The average molecular weight is 444 g/mol. The van der Waals surface area contributed by atoms with Crippen molar-refractivity contribution in [2.24, 2.45) is 5.92 Å². The molecule has 8 heteroatoms. The van der Waals surface area contributed by atoms with Gasteiger partial charge in [-0.3, -0.25) is 4.79 Å². The normalized spacial score (nSPS) is 22.9. The van der Waals surface area contributed by atoms with Gasteiger partial charge in [0.25, 0.3) is 10.2 Å². The fourth-order valence-corrected chi connectivity index (χ4v) is 5.79. The lowest BCUT2D eigenvalue weighted by atomic mass is 9.99. The first-order chi connectivity index (χ1) is 12.5. The maximum absolute atomic E-state index is 12.8. The third-order valence-electron chi connectivity index (χ3n) is 5.13. The molecule has 1 aromatic carbocycles. The number of rotatable bonds is 5. The summed E-state index contributed by atoms with van der Waals surface area (Å²) >= 11 is 3.48. The summed E-state index contributed by atoms with van der Waals surface area (Å²) in [4.78, 5) is 12.6. The second-order valence-electron chi connectivity index (χ2n) is 6.97. The Morgan fingerprint density at radius 1 is 1.08 bits per heavy atom. The van der Waals surface area contributed by atoms with E-state index in [1.54, 1.807) is 4.31 Å². The molecule has 2 aliphatic rings. The molecule has 0 spiro atoms. The molecule has 2 fully saturated rings. The van der Waals surface area contributed by atoms with Crippen LogP contribution in [0.15, 0.2) is 28.7 Å². The van der Waals surface area contributed by atoms with Crippen molar-refractivity contribution in [1.29, 1.82) is 0 Å². The van der Waals surface area contributed by atoms with E-state index in [1.165, 1.54) is 4.31 Å². The Balaban J connectivity index is 1.59. The van der Waals surface area contributed by atoms with E-state index in [-0.39, 0.29) is 18.4 Å². The Morgan fingerprint density at radius 2 is 1.77 bits per heavy atom. The molecule has 3 rings (SSSR count). The Labute approximate surface area is 164 Å². The molecule has 0 unspecified atom stereocenters. The number of halogens is 1. The van der Waals surface area contributed by atoms with Gasteiger partial charge in [-0.05, 0) is 37.3 Å². The summed E-state index contributed by atoms with van der Waals surface area (Å²) in [6.07, 6.45) is 4.38. The molecule has 26 heavy (non-hydrogen) atoms. The van der Waals surface area contributed by atoms with E-state index in [0.29, 0.717) is 26.2 Å². The van der Waals surface area contributed by atoms with Gasteiger partial charge in [-0.1, -0.05) is 40.5 Å². The lowest BCUT2D eigenvalue weighted by molar-refractivity contribution is -0.126. The topological polar surface area (TPSA) is 69.7 Å². The molecular weight excluding hydrogens is 418 g/mol. The van der Waals surface area contributed by atoms with Crippen LogP contribution in [0.4, 0.5) is 0 Å². The molecule has 0 bridgehead atoms. The molecular formula is C18H26BrN3O3S. The van der Waals surface area contributed by atoms with Crippen molar-refractivity contribution >= 4 is 32.0 Å². The molecule has 144 valence electrons. The third-order valence-corrected chi connectivity index (χ3v) is 7.91. The molecule has 0 saturated carbocycles. The van der Waals surface area contributed by atoms with E-state index >= 15 is 0 Å². The molecule has 1 atom stereocenters. The summed E-state index contributed by atoms with van der Waals surface area (Å²) in [5, 5.41) is 2.96. The van der Waals surface area contributed by atoms with Crippen molar-refractivity contribution in [3.05, 3.63) is 34.3 Å². The van der Waals surface area contributed by atoms with E-state index in [2.05, 4.69) is 21.2 Å². The first kappa shape index (κ1) is 19.8. The van der Waals surface area contributed by atoms with Crippen LogP contribution in [0, 0.1) is 5.92 Å². The van der Waals surface area contributed by atoms with E-state index < -0.39 is 10.2 Å². The number of carbonyl (C=O) groups excluding carboxylic acids is 1. The molecule has 2 heterocycles. The Hall–Kier alpha value is -0.960. The van der Waals surface area contributed by atoms with Gasteiger partial charge in [0.2, 0.25) is 5.91 Å².